The molecule has 68 valence electrons. The van der Waals surface area contributed by atoms with Crippen LogP contribution in [0.3, 0.4) is 0 Å². The predicted molar refractivity (Wildman–Crippen MR) is 47.8 cm³/mol. The molecule has 2 aliphatic rings. The molecule has 0 saturated heterocycles. The fraction of sp³-hybridized carbons (Fsp3) is 1.00. The third-order valence-electron chi connectivity index (χ3n) is 3.24. The lowest BCUT2D eigenvalue weighted by Crippen LogP contribution is -2.34. The number of nitrogens with zero attached hydrogens (tertiary/aromatic N) is 3. The predicted octanol–water partition coefficient (Wildman–Crippen LogP) is 2.25. The van der Waals surface area contributed by atoms with E-state index in [1.165, 1.54) is 25.7 Å². The van der Waals surface area contributed by atoms with Gasteiger partial charge in [-0.2, -0.15) is 5.11 Å². The molecule has 0 N–H and O–H groups in total. The quantitative estimate of drug-likeness (QED) is 0.543. The zero-order valence-corrected chi connectivity index (χ0v) is 7.90. The fourth-order valence-corrected chi connectivity index (χ4v) is 2.22. The minimum absolute atomic E-state index is 0.508. The van der Waals surface area contributed by atoms with Crippen LogP contribution < -0.4 is 0 Å². The van der Waals surface area contributed by atoms with Crippen molar-refractivity contribution < 1.29 is 0 Å². The molecule has 1 aliphatic heterocycles. The molecule has 0 aromatic heterocycles. The summed E-state index contributed by atoms with van der Waals surface area (Å²) in [4.78, 5) is 0. The first-order valence-electron chi connectivity index (χ1n) is 4.91. The Labute approximate surface area is 73.8 Å². The maximum atomic E-state index is 4.32. The van der Waals surface area contributed by atoms with Crippen molar-refractivity contribution in [2.45, 2.75) is 44.7 Å². The van der Waals surface area contributed by atoms with Crippen LogP contribution in [-0.2, 0) is 0 Å². The molecule has 1 heterocycles. The minimum atomic E-state index is 0.508. The van der Waals surface area contributed by atoms with Crippen molar-refractivity contribution in [3.8, 4) is 0 Å². The number of rotatable bonds is 0. The summed E-state index contributed by atoms with van der Waals surface area (Å²) in [5.74, 6) is 0.743. The largest absolute Gasteiger partial charge is 0.279 e. The van der Waals surface area contributed by atoms with E-state index in [9.17, 15) is 0 Å². The van der Waals surface area contributed by atoms with Crippen LogP contribution in [0.15, 0.2) is 10.3 Å². The highest BCUT2D eigenvalue weighted by Crippen LogP contribution is 2.31. The van der Waals surface area contributed by atoms with E-state index in [1.54, 1.807) is 0 Å². The molecule has 3 atom stereocenters. The smallest absolute Gasteiger partial charge is 0.0775 e. The summed E-state index contributed by atoms with van der Waals surface area (Å²) >= 11 is 0. The molecular weight excluding hydrogens is 150 g/mol. The van der Waals surface area contributed by atoms with Gasteiger partial charge in [-0.05, 0) is 25.2 Å². The Hall–Kier alpha value is -0.600. The van der Waals surface area contributed by atoms with E-state index in [1.807, 2.05) is 12.1 Å². The van der Waals surface area contributed by atoms with Crippen molar-refractivity contribution in [2.75, 3.05) is 7.05 Å². The normalized spacial score (nSPS) is 41.2. The van der Waals surface area contributed by atoms with Crippen LogP contribution >= 0.6 is 0 Å². The van der Waals surface area contributed by atoms with Crippen LogP contribution in [0.5, 0.6) is 0 Å². The van der Waals surface area contributed by atoms with Crippen molar-refractivity contribution in [3.63, 3.8) is 0 Å². The molecule has 0 aromatic rings. The first-order valence-corrected chi connectivity index (χ1v) is 4.91. The summed E-state index contributed by atoms with van der Waals surface area (Å²) in [6.07, 6.45) is 5.20. The van der Waals surface area contributed by atoms with Gasteiger partial charge in [0.2, 0.25) is 0 Å². The number of hydrogen-bond acceptors (Lipinski definition) is 3. The second-order valence-corrected chi connectivity index (χ2v) is 4.14. The Morgan fingerprint density at radius 2 is 2.17 bits per heavy atom. The van der Waals surface area contributed by atoms with Crippen molar-refractivity contribution in [3.05, 3.63) is 0 Å². The Morgan fingerprint density at radius 3 is 3.00 bits per heavy atom. The fourth-order valence-electron chi connectivity index (χ4n) is 2.22. The van der Waals surface area contributed by atoms with Gasteiger partial charge < -0.3 is 0 Å². The van der Waals surface area contributed by atoms with Gasteiger partial charge in [0.25, 0.3) is 0 Å². The minimum Gasteiger partial charge on any atom is -0.279 e. The SMILES string of the molecule is CC1CCCC2CC1N=NN2C. The molecule has 2 rings (SSSR count). The molecule has 0 spiro atoms. The first-order chi connectivity index (χ1) is 5.77. The lowest BCUT2D eigenvalue weighted by atomic mass is 9.97. The third kappa shape index (κ3) is 1.32. The van der Waals surface area contributed by atoms with Crippen LogP contribution in [0.1, 0.15) is 32.6 Å². The highest BCUT2D eigenvalue weighted by atomic mass is 15.6. The van der Waals surface area contributed by atoms with Crippen LogP contribution in [0, 0.1) is 5.92 Å². The molecule has 0 radical (unpaired) electrons. The van der Waals surface area contributed by atoms with Gasteiger partial charge in [0, 0.05) is 7.05 Å². The Kier molecular flexibility index (Phi) is 2.03. The van der Waals surface area contributed by atoms with Crippen molar-refractivity contribution in [1.82, 2.24) is 5.01 Å². The maximum absolute atomic E-state index is 4.32. The molecule has 3 heteroatoms. The van der Waals surface area contributed by atoms with E-state index in [0.29, 0.717) is 12.1 Å². The van der Waals surface area contributed by atoms with Gasteiger partial charge in [-0.3, -0.25) is 5.01 Å². The van der Waals surface area contributed by atoms with Crippen molar-refractivity contribution in [2.24, 2.45) is 16.3 Å². The zero-order valence-electron chi connectivity index (χ0n) is 7.90. The van der Waals surface area contributed by atoms with Gasteiger partial charge in [0.15, 0.2) is 0 Å². The summed E-state index contributed by atoms with van der Waals surface area (Å²) in [5.41, 5.74) is 0. The van der Waals surface area contributed by atoms with E-state index >= 15 is 0 Å². The van der Waals surface area contributed by atoms with Crippen molar-refractivity contribution in [1.29, 1.82) is 0 Å². The molecule has 2 bridgehead atoms. The molecule has 12 heavy (non-hydrogen) atoms. The molecule has 3 nitrogen and oxygen atoms in total. The summed E-state index contributed by atoms with van der Waals surface area (Å²) in [5, 5.41) is 10.5. The number of fused-ring (bicyclic) bond motifs is 2. The van der Waals surface area contributed by atoms with Crippen molar-refractivity contribution >= 4 is 0 Å². The first kappa shape index (κ1) is 8.02. The van der Waals surface area contributed by atoms with Crippen LogP contribution in [0.25, 0.3) is 0 Å². The molecular formula is C9H17N3. The van der Waals surface area contributed by atoms with Crippen LogP contribution in [0.4, 0.5) is 0 Å². The van der Waals surface area contributed by atoms with Gasteiger partial charge in [-0.15, -0.1) is 0 Å². The topological polar surface area (TPSA) is 28.0 Å². The molecule has 0 amide bonds. The van der Waals surface area contributed by atoms with E-state index in [-0.39, 0.29) is 0 Å². The van der Waals surface area contributed by atoms with Crippen LogP contribution in [-0.4, -0.2) is 24.1 Å². The monoisotopic (exact) mass is 167 g/mol. The highest BCUT2D eigenvalue weighted by molar-refractivity contribution is 4.85. The lowest BCUT2D eigenvalue weighted by molar-refractivity contribution is 0.166. The summed E-state index contributed by atoms with van der Waals surface area (Å²) < 4.78 is 0. The van der Waals surface area contributed by atoms with E-state index < -0.39 is 0 Å². The average Bonchev–Trinajstić information content (AvgIpc) is 2.21. The van der Waals surface area contributed by atoms with Gasteiger partial charge in [-0.25, -0.2) is 0 Å². The van der Waals surface area contributed by atoms with Gasteiger partial charge in [0.05, 0.1) is 12.1 Å². The number of hydrogen-bond donors (Lipinski definition) is 0. The second kappa shape index (κ2) is 3.04. The van der Waals surface area contributed by atoms with Gasteiger partial charge in [0.1, 0.15) is 0 Å². The summed E-state index contributed by atoms with van der Waals surface area (Å²) in [6.45, 7) is 2.30. The lowest BCUT2D eigenvalue weighted by Gasteiger charge is -2.30. The summed E-state index contributed by atoms with van der Waals surface area (Å²) in [7, 11) is 2.04. The standard InChI is InChI=1S/C9H17N3/c1-7-4-3-5-8-6-9(7)10-11-12(8)2/h7-9H,3-6H2,1-2H3. The van der Waals surface area contributed by atoms with E-state index in [4.69, 9.17) is 0 Å². The van der Waals surface area contributed by atoms with Crippen LogP contribution in [0.2, 0.25) is 0 Å². The Bertz CT molecular complexity index is 190. The maximum Gasteiger partial charge on any atom is 0.0775 e. The highest BCUT2D eigenvalue weighted by Gasteiger charge is 2.30. The Balaban J connectivity index is 2.15. The Morgan fingerprint density at radius 1 is 1.33 bits per heavy atom. The molecule has 1 fully saturated rings. The molecule has 1 aliphatic carbocycles. The van der Waals surface area contributed by atoms with Gasteiger partial charge >= 0.3 is 0 Å². The third-order valence-corrected chi connectivity index (χ3v) is 3.24. The van der Waals surface area contributed by atoms with E-state index in [2.05, 4.69) is 17.3 Å². The van der Waals surface area contributed by atoms with E-state index in [0.717, 1.165) is 5.92 Å². The van der Waals surface area contributed by atoms with Gasteiger partial charge in [-0.1, -0.05) is 18.6 Å². The second-order valence-electron chi connectivity index (χ2n) is 4.14. The zero-order chi connectivity index (χ0) is 8.55. The molecule has 3 unspecified atom stereocenters. The molecule has 1 saturated carbocycles. The summed E-state index contributed by atoms with van der Waals surface area (Å²) in [6, 6.07) is 1.17. The average molecular weight is 167 g/mol. The molecule has 0 aromatic carbocycles.